The van der Waals surface area contributed by atoms with E-state index in [1.807, 2.05) is 73.7 Å². The molecule has 0 spiro atoms. The van der Waals surface area contributed by atoms with Gasteiger partial charge in [0.15, 0.2) is 0 Å². The molecule has 0 unspecified atom stereocenters. The molecule has 2 heterocycles. The van der Waals surface area contributed by atoms with Gasteiger partial charge < -0.3 is 4.74 Å². The van der Waals surface area contributed by atoms with E-state index < -0.39 is 0 Å². The van der Waals surface area contributed by atoms with Crippen molar-refractivity contribution in [3.8, 4) is 0 Å². The molecule has 0 radical (unpaired) electrons. The van der Waals surface area contributed by atoms with Crippen LogP contribution < -0.4 is 0 Å². The highest BCUT2D eigenvalue weighted by atomic mass is 16.5. The number of hydrogen-bond acceptors (Lipinski definition) is 3. The average molecular weight is 460 g/mol. The summed E-state index contributed by atoms with van der Waals surface area (Å²) in [7, 11) is 0. The number of aryl methyl sites for hydroxylation is 2. The molecule has 0 aliphatic carbocycles. The van der Waals surface area contributed by atoms with Crippen LogP contribution in [0.4, 0.5) is 0 Å². The van der Waals surface area contributed by atoms with Crippen LogP contribution in [-0.2, 0) is 11.3 Å². The molecule has 0 saturated carbocycles. The second-order valence-corrected chi connectivity index (χ2v) is 6.47. The summed E-state index contributed by atoms with van der Waals surface area (Å²) in [5.41, 5.74) is 3.78. The predicted molar refractivity (Wildman–Crippen MR) is 151 cm³/mol. The van der Waals surface area contributed by atoms with Gasteiger partial charge in [0.05, 0.1) is 24.9 Å². The first-order valence-electron chi connectivity index (χ1n) is 12.6. The summed E-state index contributed by atoms with van der Waals surface area (Å²) < 4.78 is 7.49. The molecular formula is C29H53N3O. The van der Waals surface area contributed by atoms with Gasteiger partial charge in [-0.2, -0.15) is 5.10 Å². The molecule has 1 aromatic carbocycles. The smallest absolute Gasteiger partial charge is 0.0685 e. The summed E-state index contributed by atoms with van der Waals surface area (Å²) in [5, 5.41) is 5.73. The maximum absolute atomic E-state index is 5.36. The third kappa shape index (κ3) is 16.1. The predicted octanol–water partition coefficient (Wildman–Crippen LogP) is 8.09. The van der Waals surface area contributed by atoms with Gasteiger partial charge in [-0.25, -0.2) is 0 Å². The Labute approximate surface area is 206 Å². The van der Waals surface area contributed by atoms with Crippen LogP contribution in [0.25, 0.3) is 10.9 Å². The molecule has 190 valence electrons. The summed E-state index contributed by atoms with van der Waals surface area (Å²) in [6, 6.07) is 6.51. The molecule has 1 saturated heterocycles. The minimum Gasteiger partial charge on any atom is -0.379 e. The first kappa shape index (κ1) is 35.4. The maximum atomic E-state index is 5.36. The van der Waals surface area contributed by atoms with Gasteiger partial charge in [0.2, 0.25) is 0 Å². The normalized spacial score (nSPS) is 12.6. The molecule has 0 amide bonds. The van der Waals surface area contributed by atoms with Crippen LogP contribution >= 0.6 is 0 Å². The Kier molecular flexibility index (Phi) is 28.0. The summed E-state index contributed by atoms with van der Waals surface area (Å²) in [6.07, 6.45) is 6.96. The molecule has 1 aliphatic rings. The molecule has 1 fully saturated rings. The molecule has 4 heteroatoms. The third-order valence-electron chi connectivity index (χ3n) is 4.53. The maximum Gasteiger partial charge on any atom is 0.0685 e. The number of morpholine rings is 1. The van der Waals surface area contributed by atoms with E-state index in [0.29, 0.717) is 0 Å². The van der Waals surface area contributed by atoms with E-state index in [9.17, 15) is 0 Å². The molecule has 2 aromatic rings. The van der Waals surface area contributed by atoms with Gasteiger partial charge in [-0.1, -0.05) is 78.0 Å². The number of fused-ring (bicyclic) bond motifs is 1. The van der Waals surface area contributed by atoms with E-state index in [1.54, 1.807) is 0 Å². The lowest BCUT2D eigenvalue weighted by Gasteiger charge is -2.26. The fourth-order valence-electron chi connectivity index (χ4n) is 2.75. The standard InChI is InChI=1S/C15H21N3O.C6H10.3C2H6.C2H4/c1-13-3-4-14-12-16-18(15(14)11-13)6-2-5-17-7-9-19-10-8-17;1-4-6(3)5-2;4*1-2/h3-4,11-12H,2,5-10H2,1H3;4-5H,1H2,2-3H3;3*1-2H3;1-2H2/b;6-5-;;;;. The Morgan fingerprint density at radius 3 is 2.09 bits per heavy atom. The highest BCUT2D eigenvalue weighted by Gasteiger charge is 2.10. The number of ether oxygens (including phenoxy) is 1. The van der Waals surface area contributed by atoms with Gasteiger partial charge in [-0.3, -0.25) is 9.58 Å². The quantitative estimate of drug-likeness (QED) is 0.334. The van der Waals surface area contributed by atoms with Crippen molar-refractivity contribution in [1.82, 2.24) is 14.7 Å². The fourth-order valence-corrected chi connectivity index (χ4v) is 2.75. The molecular weight excluding hydrogens is 406 g/mol. The minimum absolute atomic E-state index is 0.879. The molecule has 1 aromatic heterocycles. The zero-order chi connectivity index (χ0) is 26.1. The number of benzene rings is 1. The van der Waals surface area contributed by atoms with Gasteiger partial charge in [-0.05, 0) is 38.8 Å². The molecule has 3 rings (SSSR count). The lowest BCUT2D eigenvalue weighted by Crippen LogP contribution is -2.37. The zero-order valence-corrected chi connectivity index (χ0v) is 23.3. The Morgan fingerprint density at radius 1 is 1.03 bits per heavy atom. The van der Waals surface area contributed by atoms with Crippen molar-refractivity contribution in [2.75, 3.05) is 32.8 Å². The fraction of sp³-hybridized carbons (Fsp3) is 0.552. The van der Waals surface area contributed by atoms with E-state index >= 15 is 0 Å². The number of nitrogens with zero attached hydrogens (tertiary/aromatic N) is 3. The second kappa shape index (κ2) is 26.1. The van der Waals surface area contributed by atoms with Crippen molar-refractivity contribution in [2.24, 2.45) is 0 Å². The van der Waals surface area contributed by atoms with Crippen LogP contribution in [0, 0.1) is 6.92 Å². The average Bonchev–Trinajstić information content (AvgIpc) is 3.31. The molecule has 4 nitrogen and oxygen atoms in total. The van der Waals surface area contributed by atoms with Crippen LogP contribution in [0.2, 0.25) is 0 Å². The molecule has 0 atom stereocenters. The van der Waals surface area contributed by atoms with Crippen molar-refractivity contribution in [3.63, 3.8) is 0 Å². The van der Waals surface area contributed by atoms with Crippen LogP contribution in [0.15, 0.2) is 61.9 Å². The largest absolute Gasteiger partial charge is 0.379 e. The molecule has 0 N–H and O–H groups in total. The highest BCUT2D eigenvalue weighted by Crippen LogP contribution is 2.15. The summed E-state index contributed by atoms with van der Waals surface area (Å²) in [4.78, 5) is 2.47. The number of allylic oxidation sites excluding steroid dienone is 3. The van der Waals surface area contributed by atoms with Crippen LogP contribution in [0.3, 0.4) is 0 Å². The number of rotatable bonds is 5. The van der Waals surface area contributed by atoms with Crippen LogP contribution in [-0.4, -0.2) is 47.5 Å². The van der Waals surface area contributed by atoms with E-state index in [-0.39, 0.29) is 0 Å². The van der Waals surface area contributed by atoms with E-state index in [0.717, 1.165) is 45.8 Å². The summed E-state index contributed by atoms with van der Waals surface area (Å²) >= 11 is 0. The van der Waals surface area contributed by atoms with Crippen LogP contribution in [0.1, 0.15) is 67.4 Å². The van der Waals surface area contributed by atoms with Crippen molar-refractivity contribution in [3.05, 3.63) is 67.4 Å². The lowest BCUT2D eigenvalue weighted by atomic mass is 10.2. The number of hydrogen-bond donors (Lipinski definition) is 0. The van der Waals surface area contributed by atoms with Crippen molar-refractivity contribution < 1.29 is 4.74 Å². The van der Waals surface area contributed by atoms with Gasteiger partial charge in [-0.15, -0.1) is 13.2 Å². The Morgan fingerprint density at radius 2 is 1.61 bits per heavy atom. The lowest BCUT2D eigenvalue weighted by molar-refractivity contribution is 0.0368. The Bertz CT molecular complexity index is 713. The highest BCUT2D eigenvalue weighted by molar-refractivity contribution is 5.79. The molecule has 33 heavy (non-hydrogen) atoms. The van der Waals surface area contributed by atoms with Crippen molar-refractivity contribution in [1.29, 1.82) is 0 Å². The summed E-state index contributed by atoms with van der Waals surface area (Å²) in [5.74, 6) is 0. The second-order valence-electron chi connectivity index (χ2n) is 6.47. The third-order valence-corrected chi connectivity index (χ3v) is 4.53. The monoisotopic (exact) mass is 459 g/mol. The first-order chi connectivity index (χ1) is 16.1. The van der Waals surface area contributed by atoms with Gasteiger partial charge in [0.25, 0.3) is 0 Å². The van der Waals surface area contributed by atoms with Crippen molar-refractivity contribution >= 4 is 10.9 Å². The van der Waals surface area contributed by atoms with Crippen molar-refractivity contribution in [2.45, 2.75) is 75.3 Å². The molecule has 0 bridgehead atoms. The SMILES string of the molecule is C=C.C=C/C(C)=C\C.CC.CC.CC.Cc1ccc2cnn(CCCN3CCOCC3)c2c1. The topological polar surface area (TPSA) is 30.3 Å². The van der Waals surface area contributed by atoms with E-state index in [2.05, 4.69) is 59.5 Å². The zero-order valence-electron chi connectivity index (χ0n) is 23.3. The Balaban J connectivity index is -0.000000544. The van der Waals surface area contributed by atoms with E-state index in [4.69, 9.17) is 4.74 Å². The molecule has 1 aliphatic heterocycles. The first-order valence-corrected chi connectivity index (χ1v) is 12.6. The van der Waals surface area contributed by atoms with Gasteiger partial charge in [0, 0.05) is 31.6 Å². The number of aromatic nitrogens is 2. The van der Waals surface area contributed by atoms with E-state index in [1.165, 1.54) is 22.0 Å². The summed E-state index contributed by atoms with van der Waals surface area (Å²) in [6.45, 7) is 33.7. The Hall–Kier alpha value is -2.17. The van der Waals surface area contributed by atoms with Crippen LogP contribution in [0.5, 0.6) is 0 Å². The minimum atomic E-state index is 0.879. The van der Waals surface area contributed by atoms with Gasteiger partial charge in [0.1, 0.15) is 0 Å². The van der Waals surface area contributed by atoms with Gasteiger partial charge >= 0.3 is 0 Å².